The minimum absolute atomic E-state index is 0.193. The van der Waals surface area contributed by atoms with E-state index in [0.29, 0.717) is 10.8 Å². The van der Waals surface area contributed by atoms with Crippen LogP contribution >= 0.6 is 23.1 Å². The van der Waals surface area contributed by atoms with Crippen LogP contribution in [0.1, 0.15) is 5.69 Å². The van der Waals surface area contributed by atoms with Gasteiger partial charge in [-0.25, -0.2) is 9.37 Å². The summed E-state index contributed by atoms with van der Waals surface area (Å²) in [4.78, 5) is 15.8. The van der Waals surface area contributed by atoms with Gasteiger partial charge >= 0.3 is 0 Å². The van der Waals surface area contributed by atoms with Gasteiger partial charge in [-0.2, -0.15) is 0 Å². The van der Waals surface area contributed by atoms with Gasteiger partial charge in [0.05, 0.1) is 15.7 Å². The molecule has 1 amide bonds. The Morgan fingerprint density at radius 2 is 2.37 bits per heavy atom. The zero-order chi connectivity index (χ0) is 13.8. The number of carbonyl (C=O) groups excluding carboxylic acids is 1. The Morgan fingerprint density at radius 1 is 1.58 bits per heavy atom. The smallest absolute Gasteiger partial charge is 0.234 e. The van der Waals surface area contributed by atoms with Gasteiger partial charge in [0.25, 0.3) is 0 Å². The molecule has 1 aromatic heterocycles. The molecule has 0 unspecified atom stereocenters. The third-order valence-corrected chi connectivity index (χ3v) is 4.56. The van der Waals surface area contributed by atoms with Gasteiger partial charge in [0.15, 0.2) is 5.13 Å². The normalized spacial score (nSPS) is 10.4. The maximum Gasteiger partial charge on any atom is 0.234 e. The maximum atomic E-state index is 12.9. The van der Waals surface area contributed by atoms with Crippen molar-refractivity contribution in [2.24, 2.45) is 0 Å². The van der Waals surface area contributed by atoms with E-state index in [4.69, 9.17) is 5.73 Å². The Labute approximate surface area is 118 Å². The zero-order valence-corrected chi connectivity index (χ0v) is 11.8. The van der Waals surface area contributed by atoms with E-state index in [9.17, 15) is 9.18 Å². The minimum atomic E-state index is -0.378. The van der Waals surface area contributed by atoms with Crippen LogP contribution in [0.4, 0.5) is 15.2 Å². The molecular formula is C12H12FN3OS2. The van der Waals surface area contributed by atoms with Crippen LogP contribution in [0, 0.1) is 12.7 Å². The SMILES string of the molecule is Cc1nc(N)sc1SCC(=O)Nc1cccc(F)c1. The Bertz CT molecular complexity index is 600. The number of thiazole rings is 1. The Hall–Kier alpha value is -1.60. The van der Waals surface area contributed by atoms with Crippen LogP contribution in [0.5, 0.6) is 0 Å². The van der Waals surface area contributed by atoms with Crippen molar-refractivity contribution >= 4 is 39.8 Å². The van der Waals surface area contributed by atoms with Crippen molar-refractivity contribution in [2.75, 3.05) is 16.8 Å². The second-order valence-corrected chi connectivity index (χ2v) is 6.05. The number of hydrogen-bond acceptors (Lipinski definition) is 5. The van der Waals surface area contributed by atoms with Crippen LogP contribution in [0.15, 0.2) is 28.5 Å². The number of aromatic nitrogens is 1. The Kier molecular flexibility index (Phi) is 4.39. The molecule has 4 nitrogen and oxygen atoms in total. The summed E-state index contributed by atoms with van der Waals surface area (Å²) in [5, 5.41) is 3.12. The number of amides is 1. The lowest BCUT2D eigenvalue weighted by Crippen LogP contribution is -2.13. The first-order valence-electron chi connectivity index (χ1n) is 5.45. The molecule has 2 aromatic rings. The predicted octanol–water partition coefficient (Wildman–Crippen LogP) is 2.90. The maximum absolute atomic E-state index is 12.9. The molecule has 0 radical (unpaired) electrons. The number of benzene rings is 1. The molecule has 100 valence electrons. The molecule has 0 fully saturated rings. The molecule has 0 aliphatic rings. The van der Waals surface area contributed by atoms with Gasteiger partial charge in [0.1, 0.15) is 5.82 Å². The summed E-state index contributed by atoms with van der Waals surface area (Å²) >= 11 is 2.72. The van der Waals surface area contributed by atoms with Gasteiger partial charge in [-0.15, -0.1) is 11.8 Å². The fourth-order valence-electron chi connectivity index (χ4n) is 1.43. The number of nitrogens with zero attached hydrogens (tertiary/aromatic N) is 1. The number of halogens is 1. The molecular weight excluding hydrogens is 285 g/mol. The molecule has 1 aromatic carbocycles. The molecule has 0 aliphatic carbocycles. The lowest BCUT2D eigenvalue weighted by molar-refractivity contribution is -0.113. The van der Waals surface area contributed by atoms with Crippen LogP contribution in [0.2, 0.25) is 0 Å². The molecule has 0 aliphatic heterocycles. The molecule has 1 heterocycles. The van der Waals surface area contributed by atoms with Gasteiger partial charge in [0, 0.05) is 5.69 Å². The number of carbonyl (C=O) groups is 1. The molecule has 19 heavy (non-hydrogen) atoms. The summed E-state index contributed by atoms with van der Waals surface area (Å²) in [6.45, 7) is 1.85. The van der Waals surface area contributed by atoms with Crippen molar-refractivity contribution in [2.45, 2.75) is 11.1 Å². The first-order chi connectivity index (χ1) is 9.04. The molecule has 3 N–H and O–H groups in total. The molecule has 0 bridgehead atoms. The van der Waals surface area contributed by atoms with E-state index >= 15 is 0 Å². The first kappa shape index (κ1) is 13.8. The number of nitrogens with one attached hydrogen (secondary N) is 1. The van der Waals surface area contributed by atoms with Crippen molar-refractivity contribution in [3.05, 3.63) is 35.8 Å². The topological polar surface area (TPSA) is 68.0 Å². The highest BCUT2D eigenvalue weighted by Crippen LogP contribution is 2.30. The van der Waals surface area contributed by atoms with Crippen LogP contribution in [0.25, 0.3) is 0 Å². The van der Waals surface area contributed by atoms with E-state index < -0.39 is 0 Å². The Morgan fingerprint density at radius 3 is 3.00 bits per heavy atom. The van der Waals surface area contributed by atoms with Gasteiger partial charge < -0.3 is 11.1 Å². The molecule has 0 atom stereocenters. The second kappa shape index (κ2) is 6.03. The average Bonchev–Trinajstić information content (AvgIpc) is 2.65. The molecule has 0 spiro atoms. The van der Waals surface area contributed by atoms with E-state index in [1.165, 1.54) is 35.2 Å². The summed E-state index contributed by atoms with van der Waals surface area (Å²) in [6, 6.07) is 5.79. The van der Waals surface area contributed by atoms with E-state index in [0.717, 1.165) is 9.90 Å². The van der Waals surface area contributed by atoms with Crippen LogP contribution in [0.3, 0.4) is 0 Å². The van der Waals surface area contributed by atoms with Crippen molar-refractivity contribution < 1.29 is 9.18 Å². The van der Waals surface area contributed by atoms with Gasteiger partial charge in [-0.1, -0.05) is 17.4 Å². The first-order valence-corrected chi connectivity index (χ1v) is 7.26. The van der Waals surface area contributed by atoms with Crippen molar-refractivity contribution in [3.63, 3.8) is 0 Å². The number of rotatable bonds is 4. The van der Waals surface area contributed by atoms with E-state index in [-0.39, 0.29) is 17.5 Å². The highest BCUT2D eigenvalue weighted by atomic mass is 32.2. The van der Waals surface area contributed by atoms with E-state index in [1.807, 2.05) is 6.92 Å². The third-order valence-electron chi connectivity index (χ3n) is 2.21. The molecule has 0 saturated carbocycles. The van der Waals surface area contributed by atoms with Crippen LogP contribution in [-0.4, -0.2) is 16.6 Å². The lowest BCUT2D eigenvalue weighted by atomic mass is 10.3. The highest BCUT2D eigenvalue weighted by molar-refractivity contribution is 8.01. The summed E-state index contributed by atoms with van der Waals surface area (Å²) in [5.74, 6) is -0.336. The minimum Gasteiger partial charge on any atom is -0.375 e. The number of aryl methyl sites for hydroxylation is 1. The largest absolute Gasteiger partial charge is 0.375 e. The molecule has 2 rings (SSSR count). The standard InChI is InChI=1S/C12H12FN3OS2/c1-7-11(19-12(14)15-7)18-6-10(17)16-9-4-2-3-8(13)5-9/h2-5H,6H2,1H3,(H2,14,15)(H,16,17). The number of thioether (sulfide) groups is 1. The monoisotopic (exact) mass is 297 g/mol. The number of anilines is 2. The molecule has 7 heteroatoms. The Balaban J connectivity index is 1.90. The fourth-order valence-corrected chi connectivity index (χ4v) is 3.25. The fraction of sp³-hybridized carbons (Fsp3) is 0.167. The van der Waals surface area contributed by atoms with Gasteiger partial charge in [-0.05, 0) is 25.1 Å². The second-order valence-electron chi connectivity index (χ2n) is 3.77. The highest BCUT2D eigenvalue weighted by Gasteiger charge is 2.09. The van der Waals surface area contributed by atoms with Crippen LogP contribution in [-0.2, 0) is 4.79 Å². The predicted molar refractivity (Wildman–Crippen MR) is 77.0 cm³/mol. The molecule has 0 saturated heterocycles. The van der Waals surface area contributed by atoms with Crippen molar-refractivity contribution in [1.82, 2.24) is 4.98 Å². The summed E-state index contributed by atoms with van der Waals surface area (Å²) in [5.41, 5.74) is 6.85. The van der Waals surface area contributed by atoms with Gasteiger partial charge in [-0.3, -0.25) is 4.79 Å². The lowest BCUT2D eigenvalue weighted by Gasteiger charge is -2.04. The average molecular weight is 297 g/mol. The van der Waals surface area contributed by atoms with Gasteiger partial charge in [0.2, 0.25) is 5.91 Å². The van der Waals surface area contributed by atoms with E-state index in [2.05, 4.69) is 10.3 Å². The number of hydrogen-bond donors (Lipinski definition) is 2. The number of nitrogens with two attached hydrogens (primary N) is 1. The van der Waals surface area contributed by atoms with Crippen molar-refractivity contribution in [1.29, 1.82) is 0 Å². The quantitative estimate of drug-likeness (QED) is 0.851. The number of nitrogen functional groups attached to an aromatic ring is 1. The zero-order valence-electron chi connectivity index (χ0n) is 10.1. The third kappa shape index (κ3) is 3.93. The summed E-state index contributed by atoms with van der Waals surface area (Å²) < 4.78 is 13.9. The summed E-state index contributed by atoms with van der Waals surface area (Å²) in [6.07, 6.45) is 0. The van der Waals surface area contributed by atoms with Crippen molar-refractivity contribution in [3.8, 4) is 0 Å². The summed E-state index contributed by atoms with van der Waals surface area (Å²) in [7, 11) is 0. The van der Waals surface area contributed by atoms with E-state index in [1.54, 1.807) is 12.1 Å². The van der Waals surface area contributed by atoms with Crippen LogP contribution < -0.4 is 11.1 Å².